The van der Waals surface area contributed by atoms with Crippen molar-refractivity contribution in [1.29, 1.82) is 0 Å². The molecule has 0 N–H and O–H groups in total. The zero-order valence-electron chi connectivity index (χ0n) is 18.3. The lowest BCUT2D eigenvalue weighted by atomic mass is 10.1. The second-order valence-corrected chi connectivity index (χ2v) is 11.3. The largest absolute Gasteiger partial charge is 0.461 e. The van der Waals surface area contributed by atoms with Crippen molar-refractivity contribution in [3.05, 3.63) is 12.7 Å². The van der Waals surface area contributed by atoms with Gasteiger partial charge in [-0.1, -0.05) is 95.3 Å². The van der Waals surface area contributed by atoms with Crippen molar-refractivity contribution in [2.45, 2.75) is 89.7 Å². The van der Waals surface area contributed by atoms with E-state index in [9.17, 15) is 9.59 Å². The summed E-state index contributed by atoms with van der Waals surface area (Å²) in [6.45, 7) is 9.20. The molecule has 0 radical (unpaired) electrons. The number of esters is 2. The number of carbonyl (C=O) groups excluding carboxylic acids is 2. The molecule has 0 aliphatic carbocycles. The van der Waals surface area contributed by atoms with Gasteiger partial charge in [0, 0.05) is 6.08 Å². The lowest BCUT2D eigenvalue weighted by Crippen LogP contribution is -2.32. The van der Waals surface area contributed by atoms with Crippen LogP contribution in [-0.4, -0.2) is 39.2 Å². The minimum absolute atomic E-state index is 0.0231. The van der Waals surface area contributed by atoms with Crippen LogP contribution in [0.5, 0.6) is 0 Å². The van der Waals surface area contributed by atoms with Gasteiger partial charge in [-0.15, -0.1) is 11.8 Å². The van der Waals surface area contributed by atoms with Crippen molar-refractivity contribution in [2.24, 2.45) is 0 Å². The van der Waals surface area contributed by atoms with E-state index < -0.39 is 10.7 Å². The first kappa shape index (κ1) is 28.5. The van der Waals surface area contributed by atoms with Crippen LogP contribution in [-0.2, 0) is 19.1 Å². The van der Waals surface area contributed by atoms with Gasteiger partial charge >= 0.3 is 11.9 Å². The summed E-state index contributed by atoms with van der Waals surface area (Å²) in [5, 5.41) is 0. The Morgan fingerprint density at radius 3 is 2.00 bits per heavy atom. The molecule has 0 aromatic carbocycles. The maximum Gasteiger partial charge on any atom is 0.330 e. The maximum absolute atomic E-state index is 12.2. The van der Waals surface area contributed by atoms with Crippen molar-refractivity contribution >= 4 is 51.2 Å². The van der Waals surface area contributed by atoms with E-state index in [-0.39, 0.29) is 19.2 Å². The normalized spacial score (nSPS) is 11.1. The van der Waals surface area contributed by atoms with Gasteiger partial charge < -0.3 is 9.47 Å². The Hall–Kier alpha value is -0.530. The summed E-state index contributed by atoms with van der Waals surface area (Å²) in [6.07, 6.45) is 14.3. The zero-order chi connectivity index (χ0) is 22.0. The van der Waals surface area contributed by atoms with Gasteiger partial charge in [0.25, 0.3) is 0 Å². The Morgan fingerprint density at radius 1 is 0.931 bits per heavy atom. The number of hydrogen-bond donors (Lipinski definition) is 0. The molecule has 0 saturated carbocycles. The van der Waals surface area contributed by atoms with E-state index in [4.69, 9.17) is 21.7 Å². The molecule has 0 fully saturated rings. The summed E-state index contributed by atoms with van der Waals surface area (Å²) < 4.78 is 9.97. The highest BCUT2D eigenvalue weighted by molar-refractivity contribution is 8.47. The highest BCUT2D eigenvalue weighted by Gasteiger charge is 2.31. The molecule has 0 amide bonds. The summed E-state index contributed by atoms with van der Waals surface area (Å²) in [6, 6.07) is 0. The minimum Gasteiger partial charge on any atom is -0.461 e. The number of carbonyl (C=O) groups is 2. The molecule has 0 bridgehead atoms. The Kier molecular flexibility index (Phi) is 17.9. The van der Waals surface area contributed by atoms with Crippen LogP contribution in [0.2, 0.25) is 0 Å². The van der Waals surface area contributed by atoms with Crippen LogP contribution < -0.4 is 0 Å². The lowest BCUT2D eigenvalue weighted by molar-refractivity contribution is -0.151. The predicted octanol–water partition coefficient (Wildman–Crippen LogP) is 6.71. The van der Waals surface area contributed by atoms with Crippen LogP contribution in [0.4, 0.5) is 0 Å². The van der Waals surface area contributed by atoms with Crippen molar-refractivity contribution in [3.8, 4) is 0 Å². The smallest absolute Gasteiger partial charge is 0.330 e. The van der Waals surface area contributed by atoms with Crippen molar-refractivity contribution in [3.63, 3.8) is 0 Å². The van der Waals surface area contributed by atoms with Crippen LogP contribution in [0.25, 0.3) is 0 Å². The quantitative estimate of drug-likeness (QED) is 0.103. The Balaban J connectivity index is 3.74. The Bertz CT molecular complexity index is 492. The Labute approximate surface area is 191 Å². The van der Waals surface area contributed by atoms with E-state index in [1.165, 1.54) is 69.5 Å². The van der Waals surface area contributed by atoms with Gasteiger partial charge in [-0.2, -0.15) is 0 Å². The molecule has 0 heterocycles. The molecule has 7 heteroatoms. The van der Waals surface area contributed by atoms with E-state index >= 15 is 0 Å². The Morgan fingerprint density at radius 2 is 1.45 bits per heavy atom. The highest BCUT2D eigenvalue weighted by Crippen LogP contribution is 2.32. The zero-order valence-corrected chi connectivity index (χ0v) is 20.8. The van der Waals surface area contributed by atoms with E-state index in [0.717, 1.165) is 21.8 Å². The molecule has 4 nitrogen and oxygen atoms in total. The first-order chi connectivity index (χ1) is 13.8. The third-order valence-electron chi connectivity index (χ3n) is 4.28. The fraction of sp³-hybridized carbons (Fsp3) is 0.773. The number of unbranched alkanes of at least 4 members (excludes halogenated alkanes) is 9. The molecular weight excluding hydrogens is 424 g/mol. The van der Waals surface area contributed by atoms with Gasteiger partial charge in [0.15, 0.2) is 0 Å². The van der Waals surface area contributed by atoms with Crippen molar-refractivity contribution < 1.29 is 19.1 Å². The third kappa shape index (κ3) is 16.9. The van der Waals surface area contributed by atoms with Gasteiger partial charge in [-0.25, -0.2) is 4.79 Å². The van der Waals surface area contributed by atoms with Crippen LogP contribution in [0.1, 0.15) is 85.0 Å². The number of thioether (sulfide) groups is 2. The average molecular weight is 463 g/mol. The topological polar surface area (TPSA) is 52.6 Å². The molecule has 168 valence electrons. The van der Waals surface area contributed by atoms with Gasteiger partial charge in [-0.3, -0.25) is 4.79 Å². The monoisotopic (exact) mass is 462 g/mol. The molecule has 0 unspecified atom stereocenters. The molecule has 29 heavy (non-hydrogen) atoms. The fourth-order valence-corrected chi connectivity index (χ4v) is 5.59. The van der Waals surface area contributed by atoms with Crippen molar-refractivity contribution in [2.75, 3.05) is 19.0 Å². The average Bonchev–Trinajstić information content (AvgIpc) is 2.68. The molecule has 0 rings (SSSR count). The molecular formula is C22H38O4S3. The van der Waals surface area contributed by atoms with Gasteiger partial charge in [0.1, 0.15) is 21.5 Å². The second-order valence-electron chi connectivity index (χ2n) is 7.40. The molecule has 0 saturated heterocycles. The van der Waals surface area contributed by atoms with Gasteiger partial charge in [0.2, 0.25) is 0 Å². The van der Waals surface area contributed by atoms with Crippen LogP contribution >= 0.6 is 35.7 Å². The third-order valence-corrected chi connectivity index (χ3v) is 7.05. The first-order valence-corrected chi connectivity index (χ1v) is 12.9. The van der Waals surface area contributed by atoms with E-state index in [2.05, 4.69) is 13.5 Å². The summed E-state index contributed by atoms with van der Waals surface area (Å²) >= 11 is 8.41. The van der Waals surface area contributed by atoms with E-state index in [1.807, 2.05) is 0 Å². The second kappa shape index (κ2) is 18.3. The molecule has 0 atom stereocenters. The number of rotatable bonds is 17. The fourth-order valence-electron chi connectivity index (χ4n) is 2.53. The van der Waals surface area contributed by atoms with E-state index in [0.29, 0.717) is 0 Å². The van der Waals surface area contributed by atoms with Crippen LogP contribution in [0.15, 0.2) is 12.7 Å². The molecule has 0 aliphatic rings. The van der Waals surface area contributed by atoms with Gasteiger partial charge in [0.05, 0.1) is 0 Å². The van der Waals surface area contributed by atoms with Gasteiger partial charge in [-0.05, 0) is 26.0 Å². The number of hydrogen-bond acceptors (Lipinski definition) is 7. The number of thiocarbonyl (C=S) groups is 1. The van der Waals surface area contributed by atoms with E-state index in [1.54, 1.807) is 25.6 Å². The number of ether oxygens (including phenoxy) is 2. The molecule has 0 aliphatic heterocycles. The summed E-state index contributed by atoms with van der Waals surface area (Å²) in [7, 11) is 0. The van der Waals surface area contributed by atoms with Crippen LogP contribution in [0, 0.1) is 0 Å². The lowest BCUT2D eigenvalue weighted by Gasteiger charge is -2.21. The van der Waals surface area contributed by atoms with Crippen LogP contribution in [0.3, 0.4) is 0 Å². The predicted molar refractivity (Wildman–Crippen MR) is 131 cm³/mol. The molecule has 0 aromatic rings. The minimum atomic E-state index is -0.760. The van der Waals surface area contributed by atoms with Crippen molar-refractivity contribution in [1.82, 2.24) is 0 Å². The summed E-state index contributed by atoms with van der Waals surface area (Å²) in [4.78, 5) is 23.1. The first-order valence-electron chi connectivity index (χ1n) is 10.7. The SMILES string of the molecule is C=CC(=O)OCCOC(=O)C(C)(C)SC(=S)SCCCCCCCCCCCC. The summed E-state index contributed by atoms with van der Waals surface area (Å²) in [5.41, 5.74) is 0. The standard InChI is InChI=1S/C22H38O4S3/c1-5-7-8-9-10-11-12-13-14-15-18-28-21(27)29-22(3,4)20(24)26-17-16-25-19(23)6-2/h6H,2,5,7-18H2,1,3-4H3. The molecule has 0 spiro atoms. The highest BCUT2D eigenvalue weighted by atomic mass is 32.2. The summed E-state index contributed by atoms with van der Waals surface area (Å²) in [5.74, 6) is 0.101. The maximum atomic E-state index is 12.2. The molecule has 0 aromatic heterocycles.